The Balaban J connectivity index is 1.97. The van der Waals surface area contributed by atoms with Crippen molar-refractivity contribution >= 4 is 38.9 Å². The molecule has 0 aliphatic carbocycles. The molecular weight excluding hydrogens is 345 g/mol. The number of hydrogen-bond donors (Lipinski definition) is 3. The number of rotatable bonds is 5. The van der Waals surface area contributed by atoms with Crippen LogP contribution in [0.3, 0.4) is 0 Å². The first-order valence-corrected chi connectivity index (χ1v) is 7.50. The molecule has 0 bridgehead atoms. The summed E-state index contributed by atoms with van der Waals surface area (Å²) in [6.07, 6.45) is 0.725. The maximum atomic E-state index is 13.5. The van der Waals surface area contributed by atoms with Gasteiger partial charge in [-0.05, 0) is 46.6 Å². The molecule has 0 saturated carbocycles. The fourth-order valence-corrected chi connectivity index (χ4v) is 3.22. The van der Waals surface area contributed by atoms with Gasteiger partial charge in [0.05, 0.1) is 15.0 Å². The van der Waals surface area contributed by atoms with E-state index in [0.29, 0.717) is 6.54 Å². The molecule has 0 aliphatic heterocycles. The van der Waals surface area contributed by atoms with Crippen molar-refractivity contribution in [1.82, 2.24) is 5.32 Å². The number of amides is 1. The van der Waals surface area contributed by atoms with Crippen LogP contribution in [0.2, 0.25) is 0 Å². The molecule has 0 saturated heterocycles. The topological polar surface area (TPSA) is 67.1 Å². The van der Waals surface area contributed by atoms with Gasteiger partial charge in [-0.25, -0.2) is 4.39 Å². The van der Waals surface area contributed by atoms with Crippen LogP contribution in [-0.4, -0.2) is 12.5 Å². The Hall–Kier alpha value is -1.44. The average molecular weight is 358 g/mol. The van der Waals surface area contributed by atoms with E-state index in [1.807, 2.05) is 12.1 Å². The lowest BCUT2D eigenvalue weighted by atomic mass is 10.1. The highest BCUT2D eigenvalue weighted by molar-refractivity contribution is 9.11. The van der Waals surface area contributed by atoms with Gasteiger partial charge in [-0.3, -0.25) is 10.6 Å². The van der Waals surface area contributed by atoms with E-state index >= 15 is 0 Å². The number of benzene rings is 1. The van der Waals surface area contributed by atoms with Gasteiger partial charge in [-0.1, -0.05) is 6.07 Å². The fraction of sp³-hybridized carbons (Fsp3) is 0.154. The normalized spacial score (nSPS) is 10.3. The number of anilines is 1. The SMILES string of the molecule is NNc1c(F)cccc1C(=O)NCCc1ccc(Br)s1. The van der Waals surface area contributed by atoms with Gasteiger partial charge >= 0.3 is 0 Å². The Morgan fingerprint density at radius 2 is 2.15 bits per heavy atom. The first-order valence-electron chi connectivity index (χ1n) is 5.89. The number of nitrogens with one attached hydrogen (secondary N) is 2. The molecule has 0 fully saturated rings. The molecule has 0 aliphatic rings. The second-order valence-electron chi connectivity index (χ2n) is 4.02. The lowest BCUT2D eigenvalue weighted by molar-refractivity contribution is 0.0954. The molecule has 1 amide bonds. The Labute approximate surface area is 128 Å². The third-order valence-corrected chi connectivity index (χ3v) is 4.37. The molecule has 4 nitrogen and oxygen atoms in total. The number of hydrazine groups is 1. The van der Waals surface area contributed by atoms with Gasteiger partial charge in [0.25, 0.3) is 5.91 Å². The van der Waals surface area contributed by atoms with Crippen molar-refractivity contribution in [3.63, 3.8) is 0 Å². The smallest absolute Gasteiger partial charge is 0.253 e. The minimum atomic E-state index is -0.553. The molecule has 2 aromatic rings. The summed E-state index contributed by atoms with van der Waals surface area (Å²) >= 11 is 5.00. The van der Waals surface area contributed by atoms with E-state index in [4.69, 9.17) is 5.84 Å². The number of halogens is 2. The quantitative estimate of drug-likeness (QED) is 0.569. The summed E-state index contributed by atoms with van der Waals surface area (Å²) in [4.78, 5) is 13.2. The zero-order valence-electron chi connectivity index (χ0n) is 10.5. The van der Waals surface area contributed by atoms with Crippen LogP contribution >= 0.6 is 27.3 Å². The third kappa shape index (κ3) is 3.56. The maximum Gasteiger partial charge on any atom is 0.253 e. The van der Waals surface area contributed by atoms with E-state index < -0.39 is 5.82 Å². The first kappa shape index (κ1) is 15.0. The Morgan fingerprint density at radius 1 is 1.35 bits per heavy atom. The molecule has 0 unspecified atom stereocenters. The van der Waals surface area contributed by atoms with Gasteiger partial charge in [0, 0.05) is 11.4 Å². The van der Waals surface area contributed by atoms with Crippen molar-refractivity contribution < 1.29 is 9.18 Å². The summed E-state index contributed by atoms with van der Waals surface area (Å²) in [7, 11) is 0. The molecule has 20 heavy (non-hydrogen) atoms. The van der Waals surface area contributed by atoms with Crippen LogP contribution in [-0.2, 0) is 6.42 Å². The van der Waals surface area contributed by atoms with Crippen LogP contribution in [0.15, 0.2) is 34.1 Å². The molecule has 0 atom stereocenters. The highest BCUT2D eigenvalue weighted by atomic mass is 79.9. The number of hydrogen-bond acceptors (Lipinski definition) is 4. The summed E-state index contributed by atoms with van der Waals surface area (Å²) in [5, 5.41) is 2.75. The van der Waals surface area contributed by atoms with Gasteiger partial charge < -0.3 is 10.7 Å². The highest BCUT2D eigenvalue weighted by Gasteiger charge is 2.13. The van der Waals surface area contributed by atoms with Gasteiger partial charge in [-0.2, -0.15) is 0 Å². The molecule has 2 rings (SSSR count). The maximum absolute atomic E-state index is 13.5. The Morgan fingerprint density at radius 3 is 2.80 bits per heavy atom. The number of thiophene rings is 1. The summed E-state index contributed by atoms with van der Waals surface area (Å²) in [5.74, 6) is 4.33. The standard InChI is InChI=1S/C13H13BrFN3OS/c14-11-5-4-8(20-11)6-7-17-13(19)9-2-1-3-10(15)12(9)18-16/h1-5,18H,6-7,16H2,(H,17,19). The van der Waals surface area contributed by atoms with Crippen molar-refractivity contribution in [2.24, 2.45) is 5.84 Å². The molecular formula is C13H13BrFN3OS. The van der Waals surface area contributed by atoms with E-state index in [9.17, 15) is 9.18 Å². The molecule has 1 aromatic heterocycles. The van der Waals surface area contributed by atoms with Gasteiger partial charge in [0.15, 0.2) is 0 Å². The average Bonchev–Trinajstić information content (AvgIpc) is 2.84. The number of carbonyl (C=O) groups excluding carboxylic acids is 1. The van der Waals surface area contributed by atoms with Crippen molar-refractivity contribution in [1.29, 1.82) is 0 Å². The summed E-state index contributed by atoms with van der Waals surface area (Å²) in [6.45, 7) is 0.478. The summed E-state index contributed by atoms with van der Waals surface area (Å²) in [6, 6.07) is 8.20. The molecule has 4 N–H and O–H groups in total. The monoisotopic (exact) mass is 357 g/mol. The van der Waals surface area contributed by atoms with Crippen molar-refractivity contribution in [3.8, 4) is 0 Å². The molecule has 1 aromatic carbocycles. The van der Waals surface area contributed by atoms with E-state index in [-0.39, 0.29) is 17.2 Å². The third-order valence-electron chi connectivity index (χ3n) is 2.69. The van der Waals surface area contributed by atoms with Gasteiger partial charge in [-0.15, -0.1) is 11.3 Å². The van der Waals surface area contributed by atoms with E-state index in [2.05, 4.69) is 26.7 Å². The van der Waals surface area contributed by atoms with Crippen LogP contribution in [0.5, 0.6) is 0 Å². The minimum absolute atomic E-state index is 0.00358. The van der Waals surface area contributed by atoms with Crippen LogP contribution in [0.25, 0.3) is 0 Å². The van der Waals surface area contributed by atoms with E-state index in [1.54, 1.807) is 11.3 Å². The predicted octanol–water partition coefficient (Wildman–Crippen LogP) is 2.91. The zero-order chi connectivity index (χ0) is 14.5. The van der Waals surface area contributed by atoms with Gasteiger partial charge in [0.1, 0.15) is 5.82 Å². The fourth-order valence-electron chi connectivity index (χ4n) is 1.74. The van der Waals surface area contributed by atoms with Crippen LogP contribution < -0.4 is 16.6 Å². The molecule has 1 heterocycles. The predicted molar refractivity (Wildman–Crippen MR) is 82.3 cm³/mol. The largest absolute Gasteiger partial charge is 0.352 e. The lowest BCUT2D eigenvalue weighted by Crippen LogP contribution is -2.27. The molecule has 106 valence electrons. The molecule has 7 heteroatoms. The van der Waals surface area contributed by atoms with E-state index in [0.717, 1.165) is 15.1 Å². The zero-order valence-corrected chi connectivity index (χ0v) is 12.9. The van der Waals surface area contributed by atoms with Crippen molar-refractivity contribution in [3.05, 3.63) is 50.4 Å². The van der Waals surface area contributed by atoms with Crippen LogP contribution in [0.4, 0.5) is 10.1 Å². The number of para-hydroxylation sites is 1. The Kier molecular flexibility index (Phi) is 5.11. The van der Waals surface area contributed by atoms with Crippen LogP contribution in [0, 0.1) is 5.82 Å². The Bertz CT molecular complexity index is 617. The van der Waals surface area contributed by atoms with Gasteiger partial charge in [0.2, 0.25) is 0 Å². The minimum Gasteiger partial charge on any atom is -0.352 e. The molecule has 0 radical (unpaired) electrons. The summed E-state index contributed by atoms with van der Waals surface area (Å²) < 4.78 is 14.5. The first-order chi connectivity index (χ1) is 9.61. The highest BCUT2D eigenvalue weighted by Crippen LogP contribution is 2.22. The second kappa shape index (κ2) is 6.83. The second-order valence-corrected chi connectivity index (χ2v) is 6.57. The number of nitrogens with two attached hydrogens (primary N) is 1. The lowest BCUT2D eigenvalue weighted by Gasteiger charge is -2.10. The van der Waals surface area contributed by atoms with Crippen molar-refractivity contribution in [2.45, 2.75) is 6.42 Å². The number of carbonyl (C=O) groups is 1. The molecule has 0 spiro atoms. The van der Waals surface area contributed by atoms with Crippen molar-refractivity contribution in [2.75, 3.05) is 12.0 Å². The summed E-state index contributed by atoms with van der Waals surface area (Å²) in [5.41, 5.74) is 2.41. The van der Waals surface area contributed by atoms with E-state index in [1.165, 1.54) is 18.2 Å². The van der Waals surface area contributed by atoms with Crippen LogP contribution in [0.1, 0.15) is 15.2 Å². The number of nitrogen functional groups attached to an aromatic ring is 1.